The molecule has 0 aliphatic heterocycles. The smallest absolute Gasteiger partial charge is 0.131 e. The van der Waals surface area contributed by atoms with Gasteiger partial charge in [0.15, 0.2) is 0 Å². The summed E-state index contributed by atoms with van der Waals surface area (Å²) in [7, 11) is 0. The normalized spacial score (nSPS) is 9.93. The van der Waals surface area contributed by atoms with E-state index in [1.807, 2.05) is 0 Å². The molecule has 0 aromatic heterocycles. The van der Waals surface area contributed by atoms with Crippen LogP contribution in [0, 0.1) is 0 Å². The van der Waals surface area contributed by atoms with Crippen molar-refractivity contribution in [2.45, 2.75) is 13.3 Å². The van der Waals surface area contributed by atoms with Crippen molar-refractivity contribution < 1.29 is 10.0 Å². The molecule has 1 rings (SSSR count). The van der Waals surface area contributed by atoms with E-state index in [2.05, 4.69) is 0 Å². The number of carbonyl (C=O) groups excluding carboxylic acids is 1. The minimum absolute atomic E-state index is 0.0537. The highest BCUT2D eigenvalue weighted by molar-refractivity contribution is 6.30. The quantitative estimate of drug-likeness (QED) is 0.782. The Hall–Kier alpha value is -1.06. The minimum Gasteiger partial charge on any atom is -0.300 e. The number of hydrogen-bond acceptors (Lipinski definition) is 3. The molecule has 1 aromatic carbocycles. The van der Waals surface area contributed by atoms with E-state index in [4.69, 9.17) is 11.6 Å². The first-order chi connectivity index (χ1) is 6.59. The third-order valence-electron chi connectivity index (χ3n) is 1.80. The Bertz CT molecular complexity index is 310. The molecule has 1 aromatic rings. The maximum atomic E-state index is 10.7. The van der Waals surface area contributed by atoms with Crippen molar-refractivity contribution in [3.63, 3.8) is 0 Å². The van der Waals surface area contributed by atoms with Gasteiger partial charge in [0.2, 0.25) is 0 Å². The first kappa shape index (κ1) is 11.0. The van der Waals surface area contributed by atoms with Crippen molar-refractivity contribution in [2.75, 3.05) is 11.6 Å². The van der Waals surface area contributed by atoms with Crippen LogP contribution in [-0.2, 0) is 4.79 Å². The molecule has 0 amide bonds. The van der Waals surface area contributed by atoms with Crippen LogP contribution in [0.2, 0.25) is 5.02 Å². The lowest BCUT2D eigenvalue weighted by Crippen LogP contribution is -2.20. The standard InChI is InChI=1S/C10H12ClNO2/c1-8(13)6-7-12(14)10-4-2-9(11)3-5-10/h2-5,14H,6-7H2,1H3. The molecular weight excluding hydrogens is 202 g/mol. The molecule has 0 aliphatic rings. The van der Waals surface area contributed by atoms with Crippen molar-refractivity contribution in [3.05, 3.63) is 29.3 Å². The summed E-state index contributed by atoms with van der Waals surface area (Å²) < 4.78 is 0. The fourth-order valence-electron chi connectivity index (χ4n) is 1.01. The molecule has 0 spiro atoms. The van der Waals surface area contributed by atoms with Gasteiger partial charge in [0.1, 0.15) is 5.78 Å². The average Bonchev–Trinajstić information content (AvgIpc) is 2.15. The van der Waals surface area contributed by atoms with Crippen LogP contribution < -0.4 is 5.06 Å². The van der Waals surface area contributed by atoms with E-state index in [1.54, 1.807) is 24.3 Å². The van der Waals surface area contributed by atoms with Gasteiger partial charge in [-0.2, -0.15) is 0 Å². The SMILES string of the molecule is CC(=O)CCN(O)c1ccc(Cl)cc1. The Morgan fingerprint density at radius 3 is 2.50 bits per heavy atom. The summed E-state index contributed by atoms with van der Waals surface area (Å²) in [4.78, 5) is 10.7. The predicted octanol–water partition coefficient (Wildman–Crippen LogP) is 2.51. The third-order valence-corrected chi connectivity index (χ3v) is 2.05. The van der Waals surface area contributed by atoms with Gasteiger partial charge in [0.05, 0.1) is 12.2 Å². The van der Waals surface area contributed by atoms with Crippen molar-refractivity contribution in [2.24, 2.45) is 0 Å². The van der Waals surface area contributed by atoms with Gasteiger partial charge in [-0.1, -0.05) is 11.6 Å². The minimum atomic E-state index is 0.0537. The Morgan fingerprint density at radius 1 is 1.43 bits per heavy atom. The number of rotatable bonds is 4. The zero-order chi connectivity index (χ0) is 10.6. The second-order valence-electron chi connectivity index (χ2n) is 3.05. The summed E-state index contributed by atoms with van der Waals surface area (Å²) in [5, 5.41) is 11.2. The molecule has 14 heavy (non-hydrogen) atoms. The zero-order valence-electron chi connectivity index (χ0n) is 7.90. The molecule has 0 aliphatic carbocycles. The van der Waals surface area contributed by atoms with Crippen LogP contribution >= 0.6 is 11.6 Å². The number of hydrogen-bond donors (Lipinski definition) is 1. The van der Waals surface area contributed by atoms with Crippen LogP contribution in [0.4, 0.5) is 5.69 Å². The molecular formula is C10H12ClNO2. The molecule has 0 saturated carbocycles. The molecule has 0 fully saturated rings. The number of Topliss-reactive ketones (excluding diaryl/α,β-unsaturated/α-hetero) is 1. The van der Waals surface area contributed by atoms with Crippen LogP contribution in [0.5, 0.6) is 0 Å². The van der Waals surface area contributed by atoms with E-state index in [9.17, 15) is 10.0 Å². The summed E-state index contributed by atoms with van der Waals surface area (Å²) in [5.74, 6) is 0.0537. The van der Waals surface area contributed by atoms with Gasteiger partial charge in [-0.25, -0.2) is 0 Å². The maximum absolute atomic E-state index is 10.7. The number of nitrogens with zero attached hydrogens (tertiary/aromatic N) is 1. The Balaban J connectivity index is 2.56. The highest BCUT2D eigenvalue weighted by Gasteiger charge is 2.03. The molecule has 0 heterocycles. The number of halogens is 1. The van der Waals surface area contributed by atoms with Gasteiger partial charge < -0.3 is 0 Å². The lowest BCUT2D eigenvalue weighted by atomic mass is 10.3. The highest BCUT2D eigenvalue weighted by atomic mass is 35.5. The zero-order valence-corrected chi connectivity index (χ0v) is 8.66. The molecule has 0 unspecified atom stereocenters. The monoisotopic (exact) mass is 213 g/mol. The maximum Gasteiger partial charge on any atom is 0.131 e. The van der Waals surface area contributed by atoms with Gasteiger partial charge in [-0.3, -0.25) is 15.1 Å². The fraction of sp³-hybridized carbons (Fsp3) is 0.300. The van der Waals surface area contributed by atoms with Gasteiger partial charge in [-0.05, 0) is 31.2 Å². The number of benzene rings is 1. The topological polar surface area (TPSA) is 40.5 Å². The summed E-state index contributed by atoms with van der Waals surface area (Å²) >= 11 is 5.69. The number of anilines is 1. The Morgan fingerprint density at radius 2 is 2.00 bits per heavy atom. The van der Waals surface area contributed by atoms with Crippen molar-refractivity contribution in [3.8, 4) is 0 Å². The van der Waals surface area contributed by atoms with Crippen LogP contribution in [0.3, 0.4) is 0 Å². The van der Waals surface area contributed by atoms with Crippen LogP contribution in [-0.4, -0.2) is 17.5 Å². The average molecular weight is 214 g/mol. The third kappa shape index (κ3) is 3.36. The van der Waals surface area contributed by atoms with Gasteiger partial charge in [-0.15, -0.1) is 0 Å². The summed E-state index contributed by atoms with van der Waals surface area (Å²) in [5.41, 5.74) is 0.635. The number of hydroxylamine groups is 1. The molecule has 76 valence electrons. The Labute approximate surface area is 87.9 Å². The predicted molar refractivity (Wildman–Crippen MR) is 55.9 cm³/mol. The number of carbonyl (C=O) groups is 1. The van der Waals surface area contributed by atoms with Gasteiger partial charge >= 0.3 is 0 Å². The van der Waals surface area contributed by atoms with Crippen molar-refractivity contribution in [1.82, 2.24) is 0 Å². The lowest BCUT2D eigenvalue weighted by Gasteiger charge is -2.15. The first-order valence-corrected chi connectivity index (χ1v) is 4.69. The summed E-state index contributed by atoms with van der Waals surface area (Å²) in [6.45, 7) is 1.80. The largest absolute Gasteiger partial charge is 0.300 e. The van der Waals surface area contributed by atoms with Gasteiger partial charge in [0.25, 0.3) is 0 Å². The molecule has 3 nitrogen and oxygen atoms in total. The van der Waals surface area contributed by atoms with E-state index >= 15 is 0 Å². The van der Waals surface area contributed by atoms with E-state index in [-0.39, 0.29) is 5.78 Å². The van der Waals surface area contributed by atoms with E-state index in [0.29, 0.717) is 23.7 Å². The fourth-order valence-corrected chi connectivity index (χ4v) is 1.13. The van der Waals surface area contributed by atoms with Crippen molar-refractivity contribution in [1.29, 1.82) is 0 Å². The van der Waals surface area contributed by atoms with E-state index < -0.39 is 0 Å². The lowest BCUT2D eigenvalue weighted by molar-refractivity contribution is -0.117. The van der Waals surface area contributed by atoms with Crippen molar-refractivity contribution >= 4 is 23.1 Å². The van der Waals surface area contributed by atoms with Crippen LogP contribution in [0.1, 0.15) is 13.3 Å². The van der Waals surface area contributed by atoms with Crippen LogP contribution in [0.15, 0.2) is 24.3 Å². The molecule has 0 radical (unpaired) electrons. The Kier molecular flexibility index (Phi) is 3.92. The molecule has 0 saturated heterocycles. The van der Waals surface area contributed by atoms with Gasteiger partial charge in [0, 0.05) is 11.4 Å². The molecule has 0 bridgehead atoms. The van der Waals surface area contributed by atoms with E-state index in [0.717, 1.165) is 5.06 Å². The van der Waals surface area contributed by atoms with Crippen LogP contribution in [0.25, 0.3) is 0 Å². The highest BCUT2D eigenvalue weighted by Crippen LogP contribution is 2.16. The molecule has 4 heteroatoms. The summed E-state index contributed by atoms with van der Waals surface area (Å²) in [6, 6.07) is 6.77. The molecule has 0 atom stereocenters. The molecule has 1 N–H and O–H groups in total. The second kappa shape index (κ2) is 4.98. The number of ketones is 1. The first-order valence-electron chi connectivity index (χ1n) is 4.31. The van der Waals surface area contributed by atoms with E-state index in [1.165, 1.54) is 6.92 Å². The second-order valence-corrected chi connectivity index (χ2v) is 3.49. The summed E-state index contributed by atoms with van der Waals surface area (Å²) in [6.07, 6.45) is 0.332.